The second-order valence-electron chi connectivity index (χ2n) is 8.99. The largest absolute Gasteiger partial charge is 0.393 e. The Labute approximate surface area is 212 Å². The maximum absolute atomic E-state index is 12.6. The molecular formula is C20H27N4O13P. The van der Waals surface area contributed by atoms with Gasteiger partial charge in [0.05, 0.1) is 19.1 Å². The summed E-state index contributed by atoms with van der Waals surface area (Å²) in [6, 6.07) is 0. The number of nitrogens with zero attached hydrogens (tertiary/aromatic N) is 2. The zero-order chi connectivity index (χ0) is 27.9. The number of hydrogen-bond acceptors (Lipinski definition) is 13. The molecule has 8 atom stereocenters. The summed E-state index contributed by atoms with van der Waals surface area (Å²) in [4.78, 5) is 51.6. The zero-order valence-corrected chi connectivity index (χ0v) is 21.1. The van der Waals surface area contributed by atoms with E-state index in [2.05, 4.69) is 9.97 Å². The third kappa shape index (κ3) is 5.51. The molecule has 2 aliphatic heterocycles. The fraction of sp³-hybridized carbons (Fsp3) is 0.600. The maximum Gasteiger partial charge on any atom is 0.330 e. The molecule has 2 fully saturated rings. The van der Waals surface area contributed by atoms with Gasteiger partial charge in [0.25, 0.3) is 11.1 Å². The number of ether oxygens (including phenoxy) is 2. The van der Waals surface area contributed by atoms with E-state index in [0.717, 1.165) is 9.13 Å². The summed E-state index contributed by atoms with van der Waals surface area (Å²) >= 11 is 0. The minimum atomic E-state index is -3.76. The predicted molar refractivity (Wildman–Crippen MR) is 124 cm³/mol. The summed E-state index contributed by atoms with van der Waals surface area (Å²) in [6.45, 7) is 2.07. The predicted octanol–water partition coefficient (Wildman–Crippen LogP) is -2.94. The second-order valence-corrected chi connectivity index (χ2v) is 9.93. The molecular weight excluding hydrogens is 535 g/mol. The van der Waals surface area contributed by atoms with Gasteiger partial charge in [0.1, 0.15) is 24.7 Å². The first-order chi connectivity index (χ1) is 17.8. The Balaban J connectivity index is 1.43. The van der Waals surface area contributed by atoms with Crippen molar-refractivity contribution in [3.05, 3.63) is 65.2 Å². The number of hydrogen-bond donors (Lipinski definition) is 6. The Morgan fingerprint density at radius 1 is 1.08 bits per heavy atom. The van der Waals surface area contributed by atoms with Gasteiger partial charge < -0.3 is 29.9 Å². The van der Waals surface area contributed by atoms with Crippen molar-refractivity contribution in [1.29, 1.82) is 0 Å². The van der Waals surface area contributed by atoms with E-state index < -0.39 is 86.6 Å². The van der Waals surface area contributed by atoms with Gasteiger partial charge in [-0.2, -0.15) is 0 Å². The normalized spacial score (nSPS) is 30.9. The fourth-order valence-electron chi connectivity index (χ4n) is 4.22. The second kappa shape index (κ2) is 10.8. The molecule has 2 aromatic heterocycles. The van der Waals surface area contributed by atoms with E-state index in [9.17, 15) is 44.2 Å². The van der Waals surface area contributed by atoms with Crippen LogP contribution in [0.5, 0.6) is 0 Å². The lowest BCUT2D eigenvalue weighted by Crippen LogP contribution is -2.42. The molecule has 6 N–H and O–H groups in total. The van der Waals surface area contributed by atoms with Crippen LogP contribution in [-0.2, 0) is 23.1 Å². The van der Waals surface area contributed by atoms with Crippen molar-refractivity contribution >= 4 is 8.25 Å². The molecule has 4 rings (SSSR count). The molecule has 0 aromatic carbocycles. The number of aromatic nitrogens is 4. The van der Waals surface area contributed by atoms with Crippen molar-refractivity contribution in [2.24, 2.45) is 0 Å². The van der Waals surface area contributed by atoms with Crippen LogP contribution in [0.4, 0.5) is 0 Å². The van der Waals surface area contributed by atoms with Gasteiger partial charge in [-0.25, -0.2) is 9.59 Å². The van der Waals surface area contributed by atoms with Gasteiger partial charge in [-0.15, -0.1) is 0 Å². The van der Waals surface area contributed by atoms with E-state index in [4.69, 9.17) is 18.5 Å². The summed E-state index contributed by atoms with van der Waals surface area (Å²) in [7, 11) is -3.76. The molecule has 17 nitrogen and oxygen atoms in total. The minimum absolute atomic E-state index is 0.165. The molecule has 2 aromatic rings. The molecule has 2 aliphatic rings. The number of nitrogens with one attached hydrogen (secondary N) is 2. The molecule has 18 heteroatoms. The molecule has 210 valence electrons. The molecule has 4 heterocycles. The summed E-state index contributed by atoms with van der Waals surface area (Å²) in [5, 5.41) is 41.2. The molecule has 2 unspecified atom stereocenters. The standard InChI is InChI=1S/C20H27N4O13P/c1-8-5-23(18(30)21-15(8)27)12-3-10(26)14(35-12)17(29)36-38(33)37-20(32)4-13(34-11(20)7-25)24-6-9(2)16(28)22-19(24)31/h5-6,10-14,17,25-26,29,32,38H,3-4,7H2,1-2H3,(H,21,27,30)(H,22,28,31)/t10-,11+,12+,13+,14-,17?,20+/m0/s1. The first kappa shape index (κ1) is 28.3. The van der Waals surface area contributed by atoms with E-state index in [-0.39, 0.29) is 17.5 Å². The minimum Gasteiger partial charge on any atom is -0.393 e. The van der Waals surface area contributed by atoms with Crippen molar-refractivity contribution in [1.82, 2.24) is 19.1 Å². The van der Waals surface area contributed by atoms with Gasteiger partial charge in [-0.3, -0.25) is 42.3 Å². The summed E-state index contributed by atoms with van der Waals surface area (Å²) in [5.41, 5.74) is -2.53. The zero-order valence-electron chi connectivity index (χ0n) is 20.1. The van der Waals surface area contributed by atoms with E-state index in [0.29, 0.717) is 0 Å². The smallest absolute Gasteiger partial charge is 0.330 e. The van der Waals surface area contributed by atoms with Crippen LogP contribution in [0.25, 0.3) is 0 Å². The highest BCUT2D eigenvalue weighted by atomic mass is 31.1. The van der Waals surface area contributed by atoms with Gasteiger partial charge >= 0.3 is 19.6 Å². The number of H-pyrrole nitrogens is 2. The van der Waals surface area contributed by atoms with Gasteiger partial charge in [-0.05, 0) is 13.8 Å². The Morgan fingerprint density at radius 2 is 1.63 bits per heavy atom. The highest BCUT2D eigenvalue weighted by molar-refractivity contribution is 7.33. The summed E-state index contributed by atoms with van der Waals surface area (Å²) in [6.07, 6.45) is -7.02. The number of aromatic amines is 2. The van der Waals surface area contributed by atoms with Crippen LogP contribution in [0.1, 0.15) is 36.4 Å². The highest BCUT2D eigenvalue weighted by Crippen LogP contribution is 2.44. The van der Waals surface area contributed by atoms with Crippen LogP contribution in [-0.4, -0.2) is 76.5 Å². The lowest BCUT2D eigenvalue weighted by molar-refractivity contribution is -0.198. The average Bonchev–Trinajstić information content (AvgIpc) is 3.37. The molecule has 0 aliphatic carbocycles. The number of aryl methyl sites for hydroxylation is 2. The van der Waals surface area contributed by atoms with Crippen LogP contribution in [0.2, 0.25) is 0 Å². The molecule has 0 saturated carbocycles. The Hall–Kier alpha value is -2.73. The topological polar surface area (TPSA) is 245 Å². The number of rotatable bonds is 8. The Bertz CT molecular complexity index is 1450. The lowest BCUT2D eigenvalue weighted by atomic mass is 10.1. The number of aliphatic hydroxyl groups is 4. The van der Waals surface area contributed by atoms with Crippen LogP contribution in [0.15, 0.2) is 31.6 Å². The van der Waals surface area contributed by atoms with Crippen LogP contribution in [0, 0.1) is 13.8 Å². The first-order valence-electron chi connectivity index (χ1n) is 11.4. The third-order valence-corrected chi connectivity index (χ3v) is 7.22. The molecule has 0 amide bonds. The first-order valence-corrected chi connectivity index (χ1v) is 12.6. The van der Waals surface area contributed by atoms with Crippen molar-refractivity contribution < 1.29 is 43.5 Å². The Kier molecular flexibility index (Phi) is 8.04. The van der Waals surface area contributed by atoms with Crippen molar-refractivity contribution in [2.75, 3.05) is 6.61 Å². The molecule has 0 radical (unpaired) electrons. The van der Waals surface area contributed by atoms with Crippen LogP contribution < -0.4 is 22.5 Å². The van der Waals surface area contributed by atoms with E-state index in [1.54, 1.807) is 0 Å². The monoisotopic (exact) mass is 562 g/mol. The van der Waals surface area contributed by atoms with Crippen molar-refractivity contribution in [3.8, 4) is 0 Å². The van der Waals surface area contributed by atoms with E-state index in [1.807, 2.05) is 0 Å². The highest BCUT2D eigenvalue weighted by Gasteiger charge is 2.51. The van der Waals surface area contributed by atoms with Gasteiger partial charge in [0.2, 0.25) is 5.79 Å². The van der Waals surface area contributed by atoms with Gasteiger partial charge in [0.15, 0.2) is 6.29 Å². The molecule has 38 heavy (non-hydrogen) atoms. The van der Waals surface area contributed by atoms with Gasteiger partial charge in [0, 0.05) is 29.9 Å². The quantitative estimate of drug-likeness (QED) is 0.139. The van der Waals surface area contributed by atoms with E-state index in [1.165, 1.54) is 26.2 Å². The van der Waals surface area contributed by atoms with Crippen molar-refractivity contribution in [2.45, 2.75) is 69.5 Å². The molecule has 0 spiro atoms. The van der Waals surface area contributed by atoms with Gasteiger partial charge in [-0.1, -0.05) is 0 Å². The maximum atomic E-state index is 12.6. The van der Waals surface area contributed by atoms with Crippen molar-refractivity contribution in [3.63, 3.8) is 0 Å². The van der Waals surface area contributed by atoms with Crippen LogP contribution in [0.3, 0.4) is 0 Å². The van der Waals surface area contributed by atoms with Crippen LogP contribution >= 0.6 is 8.25 Å². The molecule has 2 saturated heterocycles. The SMILES string of the molecule is Cc1cn([C@H]2C[C@H](O)[C@@H](C(O)O[PH](=O)O[C@]3(O)C[C@H](n4cc(C)c(=O)[nH]c4=O)O[C@@H]3CO)O2)c(=O)[nH]c1=O. The van der Waals surface area contributed by atoms with E-state index >= 15 is 0 Å². The lowest BCUT2D eigenvalue weighted by Gasteiger charge is -2.27. The summed E-state index contributed by atoms with van der Waals surface area (Å²) < 4.78 is 35.5. The third-order valence-electron chi connectivity index (χ3n) is 6.26. The molecule has 0 bridgehead atoms. The number of aliphatic hydroxyl groups excluding tert-OH is 3. The summed E-state index contributed by atoms with van der Waals surface area (Å²) in [5.74, 6) is -2.43. The fourth-order valence-corrected chi connectivity index (χ4v) is 5.10. The Morgan fingerprint density at radius 3 is 2.18 bits per heavy atom. The average molecular weight is 562 g/mol.